The Balaban J connectivity index is 1.98. The second-order valence-corrected chi connectivity index (χ2v) is 6.19. The zero-order chi connectivity index (χ0) is 17.4. The molecule has 0 spiro atoms. The number of thiazole rings is 1. The molecule has 8 nitrogen and oxygen atoms in total. The summed E-state index contributed by atoms with van der Waals surface area (Å²) in [5, 5.41) is 5.66. The molecule has 0 bridgehead atoms. The fourth-order valence-corrected chi connectivity index (χ4v) is 2.90. The number of likely N-dealkylation sites (tertiary alicyclic amines) is 1. The Morgan fingerprint density at radius 2 is 2.04 bits per heavy atom. The molecule has 0 aromatic carbocycles. The van der Waals surface area contributed by atoms with Crippen LogP contribution in [0.1, 0.15) is 38.3 Å². The number of nitrogen functional groups attached to an aromatic ring is 1. The van der Waals surface area contributed by atoms with E-state index in [1.807, 2.05) is 0 Å². The topological polar surface area (TPSA) is 107 Å². The number of anilines is 1. The molecule has 1 aliphatic rings. The minimum atomic E-state index is -0.662. The van der Waals surface area contributed by atoms with Gasteiger partial charge < -0.3 is 20.2 Å². The van der Waals surface area contributed by atoms with Gasteiger partial charge in [0.15, 0.2) is 11.7 Å². The van der Waals surface area contributed by atoms with E-state index in [1.54, 1.807) is 17.2 Å². The third-order valence-corrected chi connectivity index (χ3v) is 4.21. The van der Waals surface area contributed by atoms with Crippen molar-refractivity contribution in [1.29, 1.82) is 0 Å². The second kappa shape index (κ2) is 9.21. The lowest BCUT2D eigenvalue weighted by Crippen LogP contribution is -2.34. The quantitative estimate of drug-likeness (QED) is 0.470. The first kappa shape index (κ1) is 18.2. The van der Waals surface area contributed by atoms with Gasteiger partial charge in [0.2, 0.25) is 5.71 Å². The summed E-state index contributed by atoms with van der Waals surface area (Å²) in [7, 11) is 0. The van der Waals surface area contributed by atoms with E-state index in [0.29, 0.717) is 5.13 Å². The largest absolute Gasteiger partial charge is 0.461 e. The first-order chi connectivity index (χ1) is 11.6. The molecule has 24 heavy (non-hydrogen) atoms. The average molecular weight is 354 g/mol. The Kier molecular flexibility index (Phi) is 6.98. The zero-order valence-corrected chi connectivity index (χ0v) is 14.5. The Morgan fingerprint density at radius 3 is 2.62 bits per heavy atom. The third-order valence-electron chi connectivity index (χ3n) is 3.54. The molecular formula is C15H22N4O4S. The highest BCUT2D eigenvalue weighted by molar-refractivity contribution is 7.13. The summed E-state index contributed by atoms with van der Waals surface area (Å²) in [6.45, 7) is 3.14. The summed E-state index contributed by atoms with van der Waals surface area (Å²) in [5.41, 5.74) is 5.77. The molecule has 0 atom stereocenters. The number of esters is 1. The summed E-state index contributed by atoms with van der Waals surface area (Å²) in [5.74, 6) is -0.799. The fourth-order valence-electron chi connectivity index (χ4n) is 2.35. The molecule has 1 aliphatic heterocycles. The first-order valence-electron chi connectivity index (χ1n) is 7.98. The van der Waals surface area contributed by atoms with Crippen molar-refractivity contribution in [2.45, 2.75) is 32.6 Å². The number of oxime groups is 1. The maximum absolute atomic E-state index is 12.2. The molecule has 0 aliphatic carbocycles. The number of rotatable bonds is 6. The SMILES string of the molecule is CCOC(=O)/C(=N/OCC(=O)N1CCCCCC1)c1csc(N)n1. The van der Waals surface area contributed by atoms with Gasteiger partial charge in [0, 0.05) is 18.5 Å². The van der Waals surface area contributed by atoms with Crippen LogP contribution in [0.2, 0.25) is 0 Å². The van der Waals surface area contributed by atoms with Crippen molar-refractivity contribution in [2.75, 3.05) is 32.0 Å². The van der Waals surface area contributed by atoms with Crippen molar-refractivity contribution >= 4 is 34.1 Å². The van der Waals surface area contributed by atoms with Crippen molar-refractivity contribution in [3.8, 4) is 0 Å². The van der Waals surface area contributed by atoms with Crippen LogP contribution >= 0.6 is 11.3 Å². The van der Waals surface area contributed by atoms with Crippen molar-refractivity contribution in [3.63, 3.8) is 0 Å². The highest BCUT2D eigenvalue weighted by Crippen LogP contribution is 2.13. The van der Waals surface area contributed by atoms with Gasteiger partial charge in [-0.05, 0) is 19.8 Å². The molecule has 1 saturated heterocycles. The predicted molar refractivity (Wildman–Crippen MR) is 90.7 cm³/mol. The van der Waals surface area contributed by atoms with Gasteiger partial charge in [-0.25, -0.2) is 9.78 Å². The number of hydrogen-bond acceptors (Lipinski definition) is 8. The zero-order valence-electron chi connectivity index (χ0n) is 13.7. The number of hydrogen-bond donors (Lipinski definition) is 1. The van der Waals surface area contributed by atoms with Crippen LogP contribution in [0.15, 0.2) is 10.5 Å². The lowest BCUT2D eigenvalue weighted by Gasteiger charge is -2.19. The molecule has 2 rings (SSSR count). The van der Waals surface area contributed by atoms with Crippen LogP contribution in [-0.4, -0.2) is 53.8 Å². The lowest BCUT2D eigenvalue weighted by molar-refractivity contribution is -0.137. The third kappa shape index (κ3) is 5.19. The van der Waals surface area contributed by atoms with E-state index >= 15 is 0 Å². The van der Waals surface area contributed by atoms with Gasteiger partial charge in [-0.1, -0.05) is 18.0 Å². The highest BCUT2D eigenvalue weighted by Gasteiger charge is 2.21. The number of aromatic nitrogens is 1. The number of nitrogens with two attached hydrogens (primary N) is 1. The van der Waals surface area contributed by atoms with E-state index in [9.17, 15) is 9.59 Å². The summed E-state index contributed by atoms with van der Waals surface area (Å²) < 4.78 is 4.94. The van der Waals surface area contributed by atoms with E-state index < -0.39 is 5.97 Å². The molecule has 2 N–H and O–H groups in total. The molecule has 0 saturated carbocycles. The van der Waals surface area contributed by atoms with Gasteiger partial charge in [-0.3, -0.25) is 4.79 Å². The number of amides is 1. The van der Waals surface area contributed by atoms with Gasteiger partial charge >= 0.3 is 5.97 Å². The number of nitrogens with zero attached hydrogens (tertiary/aromatic N) is 3. The Labute approximate surface area is 144 Å². The van der Waals surface area contributed by atoms with Crippen LogP contribution in [0, 0.1) is 0 Å². The monoisotopic (exact) mass is 354 g/mol. The Bertz CT molecular complexity index is 594. The first-order valence-corrected chi connectivity index (χ1v) is 8.86. The molecule has 9 heteroatoms. The van der Waals surface area contributed by atoms with Gasteiger partial charge in [-0.2, -0.15) is 0 Å². The normalized spacial score (nSPS) is 15.7. The van der Waals surface area contributed by atoms with Crippen LogP contribution in [-0.2, 0) is 19.2 Å². The van der Waals surface area contributed by atoms with Crippen LogP contribution in [0.3, 0.4) is 0 Å². The van der Waals surface area contributed by atoms with Crippen molar-refractivity contribution < 1.29 is 19.2 Å². The fraction of sp³-hybridized carbons (Fsp3) is 0.600. The Morgan fingerprint density at radius 1 is 1.33 bits per heavy atom. The molecule has 132 valence electrons. The number of carbonyl (C=O) groups excluding carboxylic acids is 2. The Hall–Kier alpha value is -2.16. The molecule has 0 radical (unpaired) electrons. The van der Waals surface area contributed by atoms with Crippen LogP contribution in [0.5, 0.6) is 0 Å². The molecular weight excluding hydrogens is 332 g/mol. The summed E-state index contributed by atoms with van der Waals surface area (Å²) in [4.78, 5) is 35.0. The maximum atomic E-state index is 12.2. The number of carbonyl (C=O) groups is 2. The molecule has 1 aromatic heterocycles. The molecule has 2 heterocycles. The van der Waals surface area contributed by atoms with Gasteiger partial charge in [0.1, 0.15) is 5.69 Å². The standard InChI is InChI=1S/C15H22N4O4S/c1-2-22-14(21)13(11-10-24-15(16)17-11)18-23-9-12(20)19-7-5-3-4-6-8-19/h10H,2-9H2,1H3,(H2,16,17)/b18-13+. The smallest absolute Gasteiger partial charge is 0.362 e. The molecule has 0 unspecified atom stereocenters. The highest BCUT2D eigenvalue weighted by atomic mass is 32.1. The van der Waals surface area contributed by atoms with Gasteiger partial charge in [-0.15, -0.1) is 11.3 Å². The van der Waals surface area contributed by atoms with Gasteiger partial charge in [0.25, 0.3) is 5.91 Å². The van der Waals surface area contributed by atoms with Crippen molar-refractivity contribution in [3.05, 3.63) is 11.1 Å². The van der Waals surface area contributed by atoms with Crippen molar-refractivity contribution in [2.24, 2.45) is 5.16 Å². The van der Waals surface area contributed by atoms with Crippen LogP contribution < -0.4 is 5.73 Å². The minimum Gasteiger partial charge on any atom is -0.461 e. The van der Waals surface area contributed by atoms with E-state index in [-0.39, 0.29) is 30.5 Å². The predicted octanol–water partition coefficient (Wildman–Crippen LogP) is 1.41. The van der Waals surface area contributed by atoms with Gasteiger partial charge in [0.05, 0.1) is 6.61 Å². The molecule has 1 aromatic rings. The molecule has 1 fully saturated rings. The number of ether oxygens (including phenoxy) is 1. The lowest BCUT2D eigenvalue weighted by atomic mass is 10.2. The summed E-state index contributed by atoms with van der Waals surface area (Å²) in [6, 6.07) is 0. The van der Waals surface area contributed by atoms with E-state index in [4.69, 9.17) is 15.3 Å². The molecule has 1 amide bonds. The minimum absolute atomic E-state index is 0.0894. The van der Waals surface area contributed by atoms with E-state index in [2.05, 4.69) is 10.1 Å². The maximum Gasteiger partial charge on any atom is 0.362 e. The van der Waals surface area contributed by atoms with E-state index in [0.717, 1.165) is 38.8 Å². The summed E-state index contributed by atoms with van der Waals surface area (Å²) >= 11 is 1.18. The van der Waals surface area contributed by atoms with Crippen molar-refractivity contribution in [1.82, 2.24) is 9.88 Å². The van der Waals surface area contributed by atoms with E-state index in [1.165, 1.54) is 11.3 Å². The average Bonchev–Trinajstić information content (AvgIpc) is 2.82. The summed E-state index contributed by atoms with van der Waals surface area (Å²) in [6.07, 6.45) is 4.28. The second-order valence-electron chi connectivity index (χ2n) is 5.30. The van der Waals surface area contributed by atoms with Crippen LogP contribution in [0.25, 0.3) is 0 Å². The van der Waals surface area contributed by atoms with Crippen LogP contribution in [0.4, 0.5) is 5.13 Å².